The van der Waals surface area contributed by atoms with Crippen molar-refractivity contribution in [3.63, 3.8) is 0 Å². The molecule has 2 fully saturated rings. The number of ether oxygens (including phenoxy) is 1. The zero-order valence-electron chi connectivity index (χ0n) is 28.5. The van der Waals surface area contributed by atoms with Crippen molar-refractivity contribution in [1.29, 1.82) is 5.26 Å². The van der Waals surface area contributed by atoms with E-state index in [-0.39, 0.29) is 33.3 Å². The van der Waals surface area contributed by atoms with Gasteiger partial charge >= 0.3 is 5.69 Å². The summed E-state index contributed by atoms with van der Waals surface area (Å²) in [5, 5.41) is 9.78. The molecule has 2 aliphatic heterocycles. The lowest BCUT2D eigenvalue weighted by Crippen LogP contribution is -2.47. The monoisotopic (exact) mass is 704 g/mol. The van der Waals surface area contributed by atoms with Crippen LogP contribution in [0.15, 0.2) is 113 Å². The molecule has 0 aliphatic carbocycles. The molecule has 1 amide bonds. The predicted molar refractivity (Wildman–Crippen MR) is 194 cm³/mol. The number of nitrogens with zero attached hydrogens (tertiary/aromatic N) is 6. The van der Waals surface area contributed by atoms with E-state index in [0.717, 1.165) is 49.7 Å². The summed E-state index contributed by atoms with van der Waals surface area (Å²) in [6.07, 6.45) is 0.832. The molecule has 0 saturated carbocycles. The van der Waals surface area contributed by atoms with E-state index >= 15 is 0 Å². The molecule has 0 bridgehead atoms. The number of carbonyl (C=O) groups excluding carboxylic acids is 1. The molecule has 4 aromatic carbocycles. The molecular weight excluding hydrogens is 665 g/mol. The van der Waals surface area contributed by atoms with Gasteiger partial charge in [0.05, 0.1) is 34.7 Å². The number of nitriles is 1. The van der Waals surface area contributed by atoms with Crippen LogP contribution in [0.4, 0.5) is 0 Å². The number of benzene rings is 4. The van der Waals surface area contributed by atoms with Gasteiger partial charge < -0.3 is 14.5 Å². The van der Waals surface area contributed by atoms with Crippen LogP contribution in [0.3, 0.4) is 0 Å². The molecule has 7 rings (SSSR count). The van der Waals surface area contributed by atoms with Crippen LogP contribution in [0, 0.1) is 17.2 Å². The molecule has 12 heteroatoms. The van der Waals surface area contributed by atoms with Crippen molar-refractivity contribution in [2.75, 3.05) is 52.9 Å². The summed E-state index contributed by atoms with van der Waals surface area (Å²) in [5.41, 5.74) is 1.47. The Balaban J connectivity index is 1.17. The van der Waals surface area contributed by atoms with E-state index in [2.05, 4.69) is 40.1 Å². The minimum absolute atomic E-state index is 0.0780. The van der Waals surface area contributed by atoms with Gasteiger partial charge in [0, 0.05) is 52.4 Å². The van der Waals surface area contributed by atoms with Crippen molar-refractivity contribution in [2.24, 2.45) is 5.92 Å². The second-order valence-corrected chi connectivity index (χ2v) is 15.0. The number of imidazole rings is 1. The van der Waals surface area contributed by atoms with Crippen molar-refractivity contribution in [1.82, 2.24) is 23.2 Å². The molecule has 2 aliphatic rings. The lowest BCUT2D eigenvalue weighted by molar-refractivity contribution is -0.132. The van der Waals surface area contributed by atoms with Gasteiger partial charge in [-0.05, 0) is 65.9 Å². The number of fused-ring (bicyclic) bond motifs is 1. The van der Waals surface area contributed by atoms with Gasteiger partial charge in [-0.15, -0.1) is 0 Å². The minimum Gasteiger partial charge on any atom is -0.497 e. The standard InChI is InChI=1S/C39H40N6O5S/c1-50-33-13-15-34(16-14-33)51(48,49)45-35-17-12-30(25-40)24-36(35)44(39(45)47)37(32-10-6-3-7-11-32)38(46)43-19-18-31(28-43)27-42-22-20-41(21-23-42)26-29-8-4-2-5-9-29/h2-17,24,31,37H,18-23,26-28H2,1H3. The topological polar surface area (TPSA) is 121 Å². The van der Waals surface area contributed by atoms with Crippen molar-refractivity contribution >= 4 is 27.0 Å². The molecule has 2 unspecified atom stereocenters. The Kier molecular flexibility index (Phi) is 9.77. The average molecular weight is 705 g/mol. The first-order chi connectivity index (χ1) is 24.8. The van der Waals surface area contributed by atoms with Gasteiger partial charge in [-0.3, -0.25) is 14.3 Å². The molecule has 11 nitrogen and oxygen atoms in total. The number of methoxy groups -OCH3 is 1. The van der Waals surface area contributed by atoms with Gasteiger partial charge in [0.1, 0.15) is 11.8 Å². The van der Waals surface area contributed by atoms with Crippen LogP contribution in [0.2, 0.25) is 0 Å². The highest BCUT2D eigenvalue weighted by Gasteiger charge is 2.37. The Bertz CT molecular complexity index is 2220. The highest BCUT2D eigenvalue weighted by molar-refractivity contribution is 7.90. The third-order valence-electron chi connectivity index (χ3n) is 10.00. The summed E-state index contributed by atoms with van der Waals surface area (Å²) in [6, 6.07) is 30.6. The maximum atomic E-state index is 14.7. The number of carbonyl (C=O) groups is 1. The summed E-state index contributed by atoms with van der Waals surface area (Å²) < 4.78 is 35.4. The summed E-state index contributed by atoms with van der Waals surface area (Å²) in [7, 11) is -2.94. The van der Waals surface area contributed by atoms with Gasteiger partial charge in [0.15, 0.2) is 0 Å². The van der Waals surface area contributed by atoms with E-state index in [4.69, 9.17) is 4.74 Å². The third-order valence-corrected chi connectivity index (χ3v) is 11.7. The zero-order chi connectivity index (χ0) is 35.5. The van der Waals surface area contributed by atoms with E-state index < -0.39 is 21.8 Å². The molecule has 51 heavy (non-hydrogen) atoms. The summed E-state index contributed by atoms with van der Waals surface area (Å²) in [6.45, 7) is 6.77. The number of aromatic nitrogens is 2. The molecule has 2 atom stereocenters. The van der Waals surface area contributed by atoms with Crippen LogP contribution in [0.1, 0.15) is 29.2 Å². The van der Waals surface area contributed by atoms with E-state index in [0.29, 0.717) is 24.4 Å². The highest BCUT2D eigenvalue weighted by atomic mass is 32.2. The lowest BCUT2D eigenvalue weighted by atomic mass is 10.0. The first-order valence-corrected chi connectivity index (χ1v) is 18.6. The Morgan fingerprint density at radius 1 is 0.863 bits per heavy atom. The number of piperazine rings is 1. The first-order valence-electron chi connectivity index (χ1n) is 17.2. The fourth-order valence-electron chi connectivity index (χ4n) is 7.33. The molecule has 262 valence electrons. The molecular formula is C39H40N6O5S. The molecule has 0 N–H and O–H groups in total. The Labute approximate surface area is 297 Å². The van der Waals surface area contributed by atoms with Gasteiger partial charge in [-0.1, -0.05) is 60.7 Å². The molecule has 5 aromatic rings. The largest absolute Gasteiger partial charge is 0.497 e. The summed E-state index contributed by atoms with van der Waals surface area (Å²) >= 11 is 0. The number of likely N-dealkylation sites (tertiary alicyclic amines) is 1. The minimum atomic E-state index is -4.42. The fraction of sp³-hybridized carbons (Fsp3) is 0.308. The maximum absolute atomic E-state index is 14.7. The summed E-state index contributed by atoms with van der Waals surface area (Å²) in [5.74, 6) is 0.442. The maximum Gasteiger partial charge on any atom is 0.344 e. The highest BCUT2D eigenvalue weighted by Crippen LogP contribution is 2.30. The zero-order valence-corrected chi connectivity index (χ0v) is 29.3. The van der Waals surface area contributed by atoms with Crippen molar-refractivity contribution in [2.45, 2.75) is 23.9 Å². The van der Waals surface area contributed by atoms with Crippen LogP contribution >= 0.6 is 0 Å². The van der Waals surface area contributed by atoms with Crippen LogP contribution in [-0.2, 0) is 21.4 Å². The summed E-state index contributed by atoms with van der Waals surface area (Å²) in [4.78, 5) is 35.8. The fourth-order valence-corrected chi connectivity index (χ4v) is 8.72. The molecule has 0 radical (unpaired) electrons. The number of amides is 1. The molecule has 3 heterocycles. The van der Waals surface area contributed by atoms with Crippen LogP contribution < -0.4 is 10.4 Å². The van der Waals surface area contributed by atoms with Gasteiger partial charge in [-0.2, -0.15) is 9.23 Å². The van der Waals surface area contributed by atoms with Gasteiger partial charge in [-0.25, -0.2) is 13.2 Å². The Morgan fingerprint density at radius 3 is 2.20 bits per heavy atom. The SMILES string of the molecule is COc1ccc(S(=O)(=O)n2c(=O)n(C(C(=O)N3CCC(CN4CCN(Cc5ccccc5)CC4)C3)c3ccccc3)c3cc(C#N)ccc32)cc1. The van der Waals surface area contributed by atoms with E-state index in [9.17, 15) is 23.3 Å². The van der Waals surface area contributed by atoms with Gasteiger partial charge in [0.25, 0.3) is 10.0 Å². The van der Waals surface area contributed by atoms with Crippen molar-refractivity contribution < 1.29 is 17.9 Å². The average Bonchev–Trinajstić information content (AvgIpc) is 3.75. The first kappa shape index (κ1) is 34.2. The lowest BCUT2D eigenvalue weighted by Gasteiger charge is -2.36. The molecule has 0 spiro atoms. The van der Waals surface area contributed by atoms with E-state index in [1.165, 1.54) is 59.7 Å². The van der Waals surface area contributed by atoms with E-state index in [1.54, 1.807) is 29.2 Å². The smallest absolute Gasteiger partial charge is 0.344 e. The van der Waals surface area contributed by atoms with Crippen molar-refractivity contribution in [3.8, 4) is 11.8 Å². The third kappa shape index (κ3) is 6.93. The quantitative estimate of drug-likeness (QED) is 0.213. The van der Waals surface area contributed by atoms with Crippen LogP contribution in [0.25, 0.3) is 11.0 Å². The number of rotatable bonds is 10. The van der Waals surface area contributed by atoms with Crippen molar-refractivity contribution in [3.05, 3.63) is 130 Å². The molecule has 1 aromatic heterocycles. The predicted octanol–water partition coefficient (Wildman–Crippen LogP) is 4.18. The second-order valence-electron chi connectivity index (χ2n) is 13.2. The molecule has 2 saturated heterocycles. The van der Waals surface area contributed by atoms with E-state index in [1.807, 2.05) is 12.1 Å². The van der Waals surface area contributed by atoms with Crippen LogP contribution in [-0.4, -0.2) is 90.5 Å². The number of hydrogen-bond donors (Lipinski definition) is 0. The normalized spacial score (nSPS) is 17.7. The number of hydrogen-bond acceptors (Lipinski definition) is 8. The second kappa shape index (κ2) is 14.6. The Hall–Kier alpha value is -5.22. The van der Waals surface area contributed by atoms with Crippen LogP contribution in [0.5, 0.6) is 5.75 Å². The van der Waals surface area contributed by atoms with Gasteiger partial charge in [0.2, 0.25) is 5.91 Å². The Morgan fingerprint density at radius 2 is 1.53 bits per heavy atom.